The summed E-state index contributed by atoms with van der Waals surface area (Å²) in [4.78, 5) is 31.8. The molecule has 0 aliphatic heterocycles. The van der Waals surface area contributed by atoms with Crippen LogP contribution in [0.4, 0.5) is 0 Å². The molecule has 4 aromatic rings. The van der Waals surface area contributed by atoms with Crippen LogP contribution < -0.4 is 21.5 Å². The van der Waals surface area contributed by atoms with Crippen molar-refractivity contribution in [2.24, 2.45) is 9.98 Å². The van der Waals surface area contributed by atoms with Crippen LogP contribution in [0, 0.1) is 13.8 Å². The van der Waals surface area contributed by atoms with Gasteiger partial charge in [0.2, 0.25) is 0 Å². The molecule has 10 nitrogen and oxygen atoms in total. The summed E-state index contributed by atoms with van der Waals surface area (Å²) in [6.07, 6.45) is 2.73. The van der Waals surface area contributed by atoms with E-state index in [1.807, 2.05) is 0 Å². The molecule has 1 radical (unpaired) electrons. The molecule has 0 aliphatic carbocycles. The number of benzene rings is 2. The first kappa shape index (κ1) is 29.3. The van der Waals surface area contributed by atoms with E-state index in [0.29, 0.717) is 21.9 Å². The molecular formula is C24H22CoN2O8. The number of fused-ring (bicyclic) bond motifs is 2. The molecule has 0 bridgehead atoms. The summed E-state index contributed by atoms with van der Waals surface area (Å²) >= 11 is 0. The Bertz CT molecular complexity index is 1410. The van der Waals surface area contributed by atoms with Gasteiger partial charge in [0, 0.05) is 46.5 Å². The first-order chi connectivity index (χ1) is 15.3. The van der Waals surface area contributed by atoms with E-state index in [2.05, 4.69) is 9.98 Å². The zero-order chi connectivity index (χ0) is 22.8. The Morgan fingerprint density at radius 1 is 0.743 bits per heavy atom. The second-order valence-corrected chi connectivity index (χ2v) is 7.28. The van der Waals surface area contributed by atoms with Gasteiger partial charge in [-0.3, -0.25) is 9.98 Å². The van der Waals surface area contributed by atoms with E-state index in [0.717, 1.165) is 0 Å². The van der Waals surface area contributed by atoms with Crippen molar-refractivity contribution >= 4 is 34.4 Å². The Balaban J connectivity index is 0.00000204. The molecular weight excluding hydrogens is 503 g/mol. The average molecular weight is 525 g/mol. The number of nitrogens with zero attached hydrogens (tertiary/aromatic N) is 2. The van der Waals surface area contributed by atoms with E-state index < -0.39 is 11.3 Å². The van der Waals surface area contributed by atoms with Crippen LogP contribution in [0.3, 0.4) is 0 Å². The fourth-order valence-corrected chi connectivity index (χ4v) is 3.44. The van der Waals surface area contributed by atoms with Gasteiger partial charge in [0.15, 0.2) is 0 Å². The van der Waals surface area contributed by atoms with E-state index in [1.165, 1.54) is 36.7 Å². The van der Waals surface area contributed by atoms with Crippen molar-refractivity contribution in [3.05, 3.63) is 79.5 Å². The van der Waals surface area contributed by atoms with Crippen molar-refractivity contribution in [3.63, 3.8) is 0 Å². The first-order valence-corrected chi connectivity index (χ1v) is 9.84. The number of hydrogen-bond acceptors (Lipinski definition) is 8. The zero-order valence-corrected chi connectivity index (χ0v) is 19.8. The molecule has 35 heavy (non-hydrogen) atoms. The molecule has 0 amide bonds. The Kier molecular flexibility index (Phi) is 10.1. The van der Waals surface area contributed by atoms with Crippen molar-refractivity contribution in [2.45, 2.75) is 13.8 Å². The van der Waals surface area contributed by atoms with Gasteiger partial charge in [-0.15, -0.1) is 0 Å². The van der Waals surface area contributed by atoms with Crippen molar-refractivity contribution in [1.82, 2.24) is 0 Å². The van der Waals surface area contributed by atoms with Crippen LogP contribution in [0.15, 0.2) is 64.8 Å². The minimum atomic E-state index is -0.537. The Morgan fingerprint density at radius 3 is 1.49 bits per heavy atom. The normalized spacial score (nSPS) is 10.9. The summed E-state index contributed by atoms with van der Waals surface area (Å²) in [6, 6.07) is 8.76. The Hall–Kier alpha value is -3.77. The summed E-state index contributed by atoms with van der Waals surface area (Å²) in [7, 11) is 0. The smallest absolute Gasteiger partial charge is 0.872 e. The fourth-order valence-electron chi connectivity index (χ4n) is 3.44. The zero-order valence-electron chi connectivity index (χ0n) is 18.7. The molecule has 4 N–H and O–H groups in total. The number of hydrogen-bond donors (Lipinski definition) is 0. The SMILES string of the molecule is Cc1cc(=O)oc2c(C=NCCN=Cc3c([O-])ccc4c(C)cc(=O)oc34)c([O-])ccc12.O.O.[Co+2]. The molecule has 0 spiro atoms. The van der Waals surface area contributed by atoms with Crippen LogP contribution in [0.1, 0.15) is 22.3 Å². The summed E-state index contributed by atoms with van der Waals surface area (Å²) in [5.41, 5.74) is 1.14. The number of aliphatic imine (C=N–C) groups is 2. The van der Waals surface area contributed by atoms with Gasteiger partial charge in [-0.1, -0.05) is 35.8 Å². The molecule has 185 valence electrons. The molecule has 0 fully saturated rings. The van der Waals surface area contributed by atoms with Gasteiger partial charge >= 0.3 is 28.0 Å². The molecule has 0 aliphatic rings. The maximum Gasteiger partial charge on any atom is 2.00 e. The van der Waals surface area contributed by atoms with Crippen LogP contribution >= 0.6 is 0 Å². The van der Waals surface area contributed by atoms with Gasteiger partial charge in [0.05, 0.1) is 13.1 Å². The molecule has 2 aromatic heterocycles. The number of aryl methyl sites for hydroxylation is 2. The van der Waals surface area contributed by atoms with Crippen LogP contribution in [0.2, 0.25) is 0 Å². The van der Waals surface area contributed by atoms with E-state index in [-0.39, 0.29) is 74.6 Å². The van der Waals surface area contributed by atoms with E-state index in [1.54, 1.807) is 26.0 Å². The molecule has 0 unspecified atom stereocenters. The summed E-state index contributed by atoms with van der Waals surface area (Å²) in [5, 5.41) is 25.8. The third-order valence-electron chi connectivity index (χ3n) is 5.03. The monoisotopic (exact) mass is 525 g/mol. The average Bonchev–Trinajstić information content (AvgIpc) is 2.72. The van der Waals surface area contributed by atoms with Crippen LogP contribution in [0.25, 0.3) is 21.9 Å². The molecule has 0 saturated carbocycles. The van der Waals surface area contributed by atoms with E-state index >= 15 is 0 Å². The van der Waals surface area contributed by atoms with Gasteiger partial charge in [0.25, 0.3) is 0 Å². The molecule has 0 atom stereocenters. The predicted octanol–water partition coefficient (Wildman–Crippen LogP) is 0.550. The molecule has 2 aromatic carbocycles. The summed E-state index contributed by atoms with van der Waals surface area (Å²) in [6.45, 7) is 3.98. The van der Waals surface area contributed by atoms with E-state index in [4.69, 9.17) is 8.83 Å². The third kappa shape index (κ3) is 6.02. The van der Waals surface area contributed by atoms with Crippen molar-refractivity contribution in [1.29, 1.82) is 0 Å². The topological polar surface area (TPSA) is 194 Å². The Labute approximate surface area is 209 Å². The van der Waals surface area contributed by atoms with Crippen LogP contribution in [-0.4, -0.2) is 36.5 Å². The van der Waals surface area contributed by atoms with Gasteiger partial charge in [-0.05, 0) is 25.0 Å². The van der Waals surface area contributed by atoms with Gasteiger partial charge in [-0.25, -0.2) is 9.59 Å². The van der Waals surface area contributed by atoms with Crippen molar-refractivity contribution in [2.75, 3.05) is 13.1 Å². The van der Waals surface area contributed by atoms with Gasteiger partial charge in [-0.2, -0.15) is 0 Å². The largest absolute Gasteiger partial charge is 2.00 e. The van der Waals surface area contributed by atoms with Crippen LogP contribution in [0.5, 0.6) is 11.5 Å². The minimum Gasteiger partial charge on any atom is -0.872 e. The fraction of sp³-hybridized carbons (Fsp3) is 0.167. The second kappa shape index (κ2) is 12.1. The minimum absolute atomic E-state index is 0. The second-order valence-electron chi connectivity index (χ2n) is 7.28. The molecule has 2 heterocycles. The standard InChI is InChI=1S/C24H20N2O6.Co.2H2O/c1-13-9-21(29)31-23-15(13)3-5-19(27)17(23)11-25-7-8-26-12-18-20(28)6-4-16-14(2)10-22(30)32-24(16)18;;;/h3-6,9-12,27-28H,7-8H2,1-2H3;;2*1H2/q;+2;;/p-2. The quantitative estimate of drug-likeness (QED) is 0.207. The first-order valence-electron chi connectivity index (χ1n) is 9.84. The molecule has 0 saturated heterocycles. The molecule has 11 heteroatoms. The third-order valence-corrected chi connectivity index (χ3v) is 5.03. The Morgan fingerprint density at radius 2 is 1.11 bits per heavy atom. The number of rotatable bonds is 5. The predicted molar refractivity (Wildman–Crippen MR) is 125 cm³/mol. The maximum absolute atomic E-state index is 12.2. The van der Waals surface area contributed by atoms with Gasteiger partial charge in [0.1, 0.15) is 11.2 Å². The van der Waals surface area contributed by atoms with E-state index in [9.17, 15) is 19.8 Å². The molecule has 4 rings (SSSR count). The summed E-state index contributed by atoms with van der Waals surface area (Å²) < 4.78 is 10.4. The maximum atomic E-state index is 12.2. The van der Waals surface area contributed by atoms with Gasteiger partial charge < -0.3 is 30.0 Å². The summed E-state index contributed by atoms with van der Waals surface area (Å²) in [5.74, 6) is -0.619. The van der Waals surface area contributed by atoms with Crippen LogP contribution in [-0.2, 0) is 16.8 Å². The van der Waals surface area contributed by atoms with Crippen molar-refractivity contribution < 1.29 is 46.8 Å². The van der Waals surface area contributed by atoms with Crippen molar-refractivity contribution in [3.8, 4) is 11.5 Å².